The first-order valence-corrected chi connectivity index (χ1v) is 7.51. The Kier molecular flexibility index (Phi) is 3.36. The summed E-state index contributed by atoms with van der Waals surface area (Å²) in [6, 6.07) is 6.54. The van der Waals surface area contributed by atoms with Crippen LogP contribution in [0.25, 0.3) is 11.3 Å². The van der Waals surface area contributed by atoms with Crippen molar-refractivity contribution in [2.24, 2.45) is 5.73 Å². The van der Waals surface area contributed by atoms with Gasteiger partial charge in [0.05, 0.1) is 11.2 Å². The Balaban J connectivity index is 2.21. The summed E-state index contributed by atoms with van der Waals surface area (Å²) >= 11 is 0. The number of hydrogen-bond donors (Lipinski definition) is 1. The molecule has 0 bridgehead atoms. The summed E-state index contributed by atoms with van der Waals surface area (Å²) in [5, 5.41) is 4.83. The third-order valence-corrected chi connectivity index (χ3v) is 4.07. The number of nitrogens with zero attached hydrogens (tertiary/aromatic N) is 2. The Morgan fingerprint density at radius 2 is 1.90 bits per heavy atom. The van der Waals surface area contributed by atoms with Crippen molar-refractivity contribution in [3.8, 4) is 11.3 Å². The number of benzene rings is 1. The van der Waals surface area contributed by atoms with Crippen molar-refractivity contribution in [2.45, 2.75) is 51.6 Å². The van der Waals surface area contributed by atoms with Gasteiger partial charge < -0.3 is 5.73 Å². The van der Waals surface area contributed by atoms with E-state index < -0.39 is 0 Å². The van der Waals surface area contributed by atoms with Gasteiger partial charge in [0, 0.05) is 22.9 Å². The number of hydrogen-bond acceptors (Lipinski definition) is 2. The van der Waals surface area contributed by atoms with Gasteiger partial charge in [-0.25, -0.2) is 4.39 Å². The van der Waals surface area contributed by atoms with Crippen molar-refractivity contribution in [2.75, 3.05) is 0 Å². The lowest BCUT2D eigenvalue weighted by Crippen LogP contribution is -2.27. The summed E-state index contributed by atoms with van der Waals surface area (Å²) in [5.41, 5.74) is 10.5. The molecule has 2 aromatic rings. The normalized spacial score (nSPS) is 18.6. The lowest BCUT2D eigenvalue weighted by atomic mass is 9.89. The number of fused-ring (bicyclic) bond motifs is 1. The molecule has 2 N–H and O–H groups in total. The van der Waals surface area contributed by atoms with Crippen LogP contribution in [0.15, 0.2) is 24.3 Å². The van der Waals surface area contributed by atoms with Crippen LogP contribution in [0.5, 0.6) is 0 Å². The van der Waals surface area contributed by atoms with Gasteiger partial charge in [0.2, 0.25) is 0 Å². The third kappa shape index (κ3) is 2.48. The first-order chi connectivity index (χ1) is 9.88. The molecule has 1 aliphatic carbocycles. The van der Waals surface area contributed by atoms with E-state index in [0.29, 0.717) is 0 Å². The van der Waals surface area contributed by atoms with Crippen LogP contribution in [-0.4, -0.2) is 9.78 Å². The molecule has 0 spiro atoms. The molecule has 0 fully saturated rings. The summed E-state index contributed by atoms with van der Waals surface area (Å²) in [4.78, 5) is 0. The standard InChI is InChI=1S/C17H22FN3/c1-17(2,3)21-14-6-4-5-13(19)15(14)16(20-21)11-7-9-12(18)10-8-11/h7-10,13H,4-6,19H2,1-3H3. The first kappa shape index (κ1) is 14.3. The van der Waals surface area contributed by atoms with Crippen LogP contribution in [0.4, 0.5) is 4.39 Å². The van der Waals surface area contributed by atoms with Crippen molar-refractivity contribution in [1.29, 1.82) is 0 Å². The molecule has 0 amide bonds. The molecular weight excluding hydrogens is 265 g/mol. The van der Waals surface area contributed by atoms with Crippen molar-refractivity contribution >= 4 is 0 Å². The SMILES string of the molecule is CC(C)(C)n1nc(-c2ccc(F)cc2)c2c1CCCC2N. The molecule has 4 heteroatoms. The Labute approximate surface area is 125 Å². The lowest BCUT2D eigenvalue weighted by molar-refractivity contribution is 0.338. The average molecular weight is 287 g/mol. The summed E-state index contributed by atoms with van der Waals surface area (Å²) in [6.45, 7) is 6.44. The van der Waals surface area contributed by atoms with Gasteiger partial charge in [-0.2, -0.15) is 5.10 Å². The molecule has 21 heavy (non-hydrogen) atoms. The highest BCUT2D eigenvalue weighted by atomic mass is 19.1. The topological polar surface area (TPSA) is 43.8 Å². The Hall–Kier alpha value is -1.68. The van der Waals surface area contributed by atoms with Crippen LogP contribution >= 0.6 is 0 Å². The second kappa shape index (κ2) is 4.95. The fraction of sp³-hybridized carbons (Fsp3) is 0.471. The number of aromatic nitrogens is 2. The van der Waals surface area contributed by atoms with Gasteiger partial charge >= 0.3 is 0 Å². The smallest absolute Gasteiger partial charge is 0.123 e. The van der Waals surface area contributed by atoms with Crippen molar-refractivity contribution < 1.29 is 4.39 Å². The Morgan fingerprint density at radius 3 is 2.52 bits per heavy atom. The quantitative estimate of drug-likeness (QED) is 0.867. The van der Waals surface area contributed by atoms with Crippen molar-refractivity contribution in [3.05, 3.63) is 41.3 Å². The fourth-order valence-corrected chi connectivity index (χ4v) is 3.10. The van der Waals surface area contributed by atoms with E-state index in [0.717, 1.165) is 36.1 Å². The minimum Gasteiger partial charge on any atom is -0.324 e. The predicted octanol–water partition coefficient (Wildman–Crippen LogP) is 3.78. The second-order valence-corrected chi connectivity index (χ2v) is 6.80. The molecule has 112 valence electrons. The zero-order valence-electron chi connectivity index (χ0n) is 12.9. The minimum atomic E-state index is -0.229. The summed E-state index contributed by atoms with van der Waals surface area (Å²) in [6.07, 6.45) is 3.09. The van der Waals surface area contributed by atoms with Gasteiger partial charge in [0.25, 0.3) is 0 Å². The van der Waals surface area contributed by atoms with E-state index in [9.17, 15) is 4.39 Å². The molecule has 3 rings (SSSR count). The van der Waals surface area contributed by atoms with Gasteiger partial charge in [-0.3, -0.25) is 4.68 Å². The van der Waals surface area contributed by atoms with Gasteiger partial charge in [0.15, 0.2) is 0 Å². The Bertz CT molecular complexity index is 650. The van der Waals surface area contributed by atoms with Gasteiger partial charge in [-0.15, -0.1) is 0 Å². The molecule has 0 saturated heterocycles. The highest BCUT2D eigenvalue weighted by Crippen LogP contribution is 2.38. The second-order valence-electron chi connectivity index (χ2n) is 6.80. The summed E-state index contributed by atoms with van der Waals surface area (Å²) in [7, 11) is 0. The zero-order valence-corrected chi connectivity index (χ0v) is 12.9. The third-order valence-electron chi connectivity index (χ3n) is 4.07. The van der Waals surface area contributed by atoms with Crippen molar-refractivity contribution in [3.63, 3.8) is 0 Å². The molecule has 0 aliphatic heterocycles. The molecule has 1 heterocycles. The summed E-state index contributed by atoms with van der Waals surface area (Å²) < 4.78 is 15.3. The van der Waals surface area contributed by atoms with Crippen LogP contribution in [0.3, 0.4) is 0 Å². The van der Waals surface area contributed by atoms with E-state index in [1.54, 1.807) is 12.1 Å². The molecule has 1 aliphatic rings. The van der Waals surface area contributed by atoms with E-state index in [1.807, 2.05) is 0 Å². The zero-order chi connectivity index (χ0) is 15.2. The van der Waals surface area contributed by atoms with E-state index in [4.69, 9.17) is 10.8 Å². The maximum atomic E-state index is 13.2. The predicted molar refractivity (Wildman–Crippen MR) is 82.5 cm³/mol. The van der Waals surface area contributed by atoms with Gasteiger partial charge in [-0.05, 0) is 64.3 Å². The number of nitrogens with two attached hydrogens (primary N) is 1. The molecule has 0 saturated carbocycles. The maximum Gasteiger partial charge on any atom is 0.123 e. The molecule has 1 aromatic carbocycles. The molecule has 0 radical (unpaired) electrons. The molecule has 1 unspecified atom stereocenters. The number of rotatable bonds is 1. The molecule has 1 aromatic heterocycles. The van der Waals surface area contributed by atoms with Gasteiger partial charge in [0.1, 0.15) is 5.82 Å². The highest BCUT2D eigenvalue weighted by molar-refractivity contribution is 5.65. The average Bonchev–Trinajstić information content (AvgIpc) is 2.80. The highest BCUT2D eigenvalue weighted by Gasteiger charge is 2.30. The van der Waals surface area contributed by atoms with Crippen LogP contribution in [0.1, 0.15) is 50.9 Å². The lowest BCUT2D eigenvalue weighted by Gasteiger charge is -2.26. The molecule has 1 atom stereocenters. The minimum absolute atomic E-state index is 0.0184. The number of halogens is 1. The van der Waals surface area contributed by atoms with Crippen LogP contribution < -0.4 is 5.73 Å². The van der Waals surface area contributed by atoms with Crippen molar-refractivity contribution in [1.82, 2.24) is 9.78 Å². The molecule has 3 nitrogen and oxygen atoms in total. The largest absolute Gasteiger partial charge is 0.324 e. The maximum absolute atomic E-state index is 13.2. The van der Waals surface area contributed by atoms with E-state index in [-0.39, 0.29) is 17.4 Å². The van der Waals surface area contributed by atoms with Crippen LogP contribution in [0, 0.1) is 5.82 Å². The van der Waals surface area contributed by atoms with Crippen LogP contribution in [-0.2, 0) is 12.0 Å². The fourth-order valence-electron chi connectivity index (χ4n) is 3.10. The van der Waals surface area contributed by atoms with E-state index in [1.165, 1.54) is 17.8 Å². The van der Waals surface area contributed by atoms with E-state index >= 15 is 0 Å². The summed E-state index contributed by atoms with van der Waals surface area (Å²) in [5.74, 6) is -0.229. The molecular formula is C17H22FN3. The van der Waals surface area contributed by atoms with Gasteiger partial charge in [-0.1, -0.05) is 0 Å². The monoisotopic (exact) mass is 287 g/mol. The van der Waals surface area contributed by atoms with E-state index in [2.05, 4.69) is 25.5 Å². The Morgan fingerprint density at radius 1 is 1.24 bits per heavy atom. The first-order valence-electron chi connectivity index (χ1n) is 7.51. The van der Waals surface area contributed by atoms with Crippen LogP contribution in [0.2, 0.25) is 0 Å².